The fraction of sp³-hybridized carbons (Fsp3) is 0.500. The van der Waals surface area contributed by atoms with Gasteiger partial charge in [0.2, 0.25) is 5.75 Å². The van der Waals surface area contributed by atoms with Gasteiger partial charge < -0.3 is 19.3 Å². The van der Waals surface area contributed by atoms with Gasteiger partial charge in [0.25, 0.3) is 0 Å². The van der Waals surface area contributed by atoms with E-state index >= 15 is 0 Å². The summed E-state index contributed by atoms with van der Waals surface area (Å²) >= 11 is 3.32. The Morgan fingerprint density at radius 1 is 1.30 bits per heavy atom. The molecule has 0 heterocycles. The van der Waals surface area contributed by atoms with Crippen LogP contribution < -0.4 is 9.47 Å². The minimum Gasteiger partial charge on any atom is -0.504 e. The minimum absolute atomic E-state index is 0.0615. The van der Waals surface area contributed by atoms with E-state index in [-0.39, 0.29) is 17.1 Å². The Morgan fingerprint density at radius 2 is 2.05 bits per heavy atom. The van der Waals surface area contributed by atoms with Crippen LogP contribution in [0.4, 0.5) is 0 Å². The Kier molecular flexibility index (Phi) is 7.22. The summed E-state index contributed by atoms with van der Waals surface area (Å²) in [5.41, 5.74) is 0.0615. The first-order valence-corrected chi connectivity index (χ1v) is 7.53. The first-order valence-electron chi connectivity index (χ1n) is 6.41. The predicted molar refractivity (Wildman–Crippen MR) is 79.1 cm³/mol. The van der Waals surface area contributed by atoms with Crippen LogP contribution in [0.15, 0.2) is 12.1 Å². The first-order chi connectivity index (χ1) is 9.65. The lowest BCUT2D eigenvalue weighted by molar-refractivity contribution is 0.0596. The van der Waals surface area contributed by atoms with Crippen LogP contribution in [-0.2, 0) is 4.74 Å². The number of carbonyl (C=O) groups excluding carboxylic acids is 1. The molecule has 0 aliphatic heterocycles. The molecular weight excluding hydrogens is 328 g/mol. The molecule has 1 aromatic rings. The molecule has 0 unspecified atom stereocenters. The van der Waals surface area contributed by atoms with Crippen molar-refractivity contribution in [1.29, 1.82) is 0 Å². The third kappa shape index (κ3) is 4.30. The normalized spacial score (nSPS) is 10.2. The van der Waals surface area contributed by atoms with Gasteiger partial charge in [0.05, 0.1) is 20.3 Å². The maximum Gasteiger partial charge on any atom is 0.341 e. The van der Waals surface area contributed by atoms with Gasteiger partial charge in [-0.3, -0.25) is 0 Å². The molecule has 0 aliphatic rings. The molecule has 0 fully saturated rings. The molecule has 0 aliphatic carbocycles. The number of halogens is 1. The quantitative estimate of drug-likeness (QED) is 0.445. The molecule has 0 amide bonds. The number of ether oxygens (including phenoxy) is 3. The molecule has 1 N–H and O–H groups in total. The molecule has 112 valence electrons. The van der Waals surface area contributed by atoms with E-state index < -0.39 is 5.97 Å². The van der Waals surface area contributed by atoms with E-state index in [4.69, 9.17) is 9.47 Å². The lowest BCUT2D eigenvalue weighted by Gasteiger charge is -2.15. The second-order valence-corrected chi connectivity index (χ2v) is 4.81. The number of phenolic OH excluding ortho intramolecular Hbond substituents is 1. The summed E-state index contributed by atoms with van der Waals surface area (Å²) < 4.78 is 15.7. The van der Waals surface area contributed by atoms with Crippen LogP contribution in [0.2, 0.25) is 0 Å². The summed E-state index contributed by atoms with van der Waals surface area (Å²) in [7, 11) is 1.26. The van der Waals surface area contributed by atoms with Gasteiger partial charge >= 0.3 is 5.97 Å². The molecule has 0 saturated heterocycles. The summed E-state index contributed by atoms with van der Waals surface area (Å²) in [5, 5.41) is 11.0. The van der Waals surface area contributed by atoms with Gasteiger partial charge in [0.1, 0.15) is 5.56 Å². The molecule has 0 aromatic heterocycles. The van der Waals surface area contributed by atoms with Crippen molar-refractivity contribution < 1.29 is 24.1 Å². The van der Waals surface area contributed by atoms with Crippen molar-refractivity contribution >= 4 is 21.9 Å². The van der Waals surface area contributed by atoms with Crippen molar-refractivity contribution in [2.45, 2.75) is 19.8 Å². The molecule has 0 saturated carbocycles. The number of carbonyl (C=O) groups is 1. The maximum atomic E-state index is 11.5. The van der Waals surface area contributed by atoms with Crippen molar-refractivity contribution in [2.75, 3.05) is 25.7 Å². The van der Waals surface area contributed by atoms with Gasteiger partial charge in [0, 0.05) is 5.33 Å². The number of aromatic hydroxyl groups is 1. The van der Waals surface area contributed by atoms with E-state index in [9.17, 15) is 9.90 Å². The third-order valence-electron chi connectivity index (χ3n) is 2.49. The lowest BCUT2D eigenvalue weighted by atomic mass is 10.1. The van der Waals surface area contributed by atoms with Crippen LogP contribution in [0.1, 0.15) is 30.1 Å². The van der Waals surface area contributed by atoms with Gasteiger partial charge in [-0.05, 0) is 25.0 Å². The maximum absolute atomic E-state index is 11.5. The largest absolute Gasteiger partial charge is 0.504 e. The fourth-order valence-corrected chi connectivity index (χ4v) is 1.75. The van der Waals surface area contributed by atoms with E-state index in [2.05, 4.69) is 20.7 Å². The summed E-state index contributed by atoms with van der Waals surface area (Å²) in [6.07, 6.45) is 1.61. The number of hydrogen-bond donors (Lipinski definition) is 1. The predicted octanol–water partition coefficient (Wildman–Crippen LogP) is 3.13. The van der Waals surface area contributed by atoms with E-state index in [1.54, 1.807) is 6.07 Å². The lowest BCUT2D eigenvalue weighted by Crippen LogP contribution is -2.06. The molecular formula is C14H19BrO5. The highest BCUT2D eigenvalue weighted by Gasteiger charge is 2.20. The Morgan fingerprint density at radius 3 is 2.65 bits per heavy atom. The summed E-state index contributed by atoms with van der Waals surface area (Å²) in [6.45, 7) is 2.87. The molecule has 1 rings (SSSR count). The zero-order valence-corrected chi connectivity index (χ0v) is 13.2. The number of benzene rings is 1. The molecule has 0 bridgehead atoms. The number of phenols is 1. The second-order valence-electron chi connectivity index (χ2n) is 4.02. The fourth-order valence-electron chi connectivity index (χ4n) is 1.52. The van der Waals surface area contributed by atoms with Gasteiger partial charge in [-0.2, -0.15) is 0 Å². The van der Waals surface area contributed by atoms with Gasteiger partial charge in [-0.15, -0.1) is 0 Å². The van der Waals surface area contributed by atoms with Gasteiger partial charge in [-0.25, -0.2) is 4.79 Å². The molecule has 0 radical (unpaired) electrons. The zero-order chi connectivity index (χ0) is 15.0. The van der Waals surface area contributed by atoms with Crippen molar-refractivity contribution in [3.05, 3.63) is 17.7 Å². The smallest absolute Gasteiger partial charge is 0.341 e. The number of esters is 1. The number of hydrogen-bond acceptors (Lipinski definition) is 5. The van der Waals surface area contributed by atoms with E-state index in [1.165, 1.54) is 13.2 Å². The van der Waals surface area contributed by atoms with Crippen LogP contribution >= 0.6 is 15.9 Å². The Hall–Kier alpha value is -1.43. The van der Waals surface area contributed by atoms with Crippen molar-refractivity contribution in [3.8, 4) is 17.2 Å². The van der Waals surface area contributed by atoms with Crippen LogP contribution in [0.3, 0.4) is 0 Å². The number of methoxy groups -OCH3 is 1. The minimum atomic E-state index is -0.615. The monoisotopic (exact) mass is 346 g/mol. The summed E-state index contributed by atoms with van der Waals surface area (Å²) in [4.78, 5) is 11.5. The number of rotatable bonds is 8. The van der Waals surface area contributed by atoms with Crippen molar-refractivity contribution in [3.63, 3.8) is 0 Å². The SMILES string of the molecule is CCCOc1c(OCCCBr)ccc(C(=O)OC)c1O. The van der Waals surface area contributed by atoms with Crippen LogP contribution in [-0.4, -0.2) is 36.7 Å². The highest BCUT2D eigenvalue weighted by molar-refractivity contribution is 9.09. The molecule has 20 heavy (non-hydrogen) atoms. The van der Waals surface area contributed by atoms with Crippen LogP contribution in [0.5, 0.6) is 17.2 Å². The van der Waals surface area contributed by atoms with E-state index in [1.807, 2.05) is 6.92 Å². The Labute approximate surface area is 127 Å². The molecule has 1 aromatic carbocycles. The van der Waals surface area contributed by atoms with Crippen molar-refractivity contribution in [2.24, 2.45) is 0 Å². The molecule has 6 heteroatoms. The number of alkyl halides is 1. The highest BCUT2D eigenvalue weighted by atomic mass is 79.9. The Balaban J connectivity index is 3.04. The molecule has 0 atom stereocenters. The highest BCUT2D eigenvalue weighted by Crippen LogP contribution is 2.39. The van der Waals surface area contributed by atoms with Crippen LogP contribution in [0.25, 0.3) is 0 Å². The average molecular weight is 347 g/mol. The standard InChI is InChI=1S/C14H19BrO5/c1-3-8-20-13-11(19-9-4-7-15)6-5-10(12(13)16)14(17)18-2/h5-6,16H,3-4,7-9H2,1-2H3. The van der Waals surface area contributed by atoms with E-state index in [0.29, 0.717) is 19.0 Å². The first kappa shape index (κ1) is 16.6. The summed E-state index contributed by atoms with van der Waals surface area (Å²) in [6, 6.07) is 3.06. The summed E-state index contributed by atoms with van der Waals surface area (Å²) in [5.74, 6) is -0.258. The topological polar surface area (TPSA) is 65.0 Å². The third-order valence-corrected chi connectivity index (χ3v) is 3.05. The molecule has 0 spiro atoms. The second kappa shape index (κ2) is 8.68. The van der Waals surface area contributed by atoms with E-state index in [0.717, 1.165) is 18.2 Å². The molecule has 5 nitrogen and oxygen atoms in total. The van der Waals surface area contributed by atoms with Gasteiger partial charge in [0.15, 0.2) is 11.5 Å². The zero-order valence-electron chi connectivity index (χ0n) is 11.6. The Bertz CT molecular complexity index is 447. The van der Waals surface area contributed by atoms with Crippen LogP contribution in [0, 0.1) is 0 Å². The van der Waals surface area contributed by atoms with Gasteiger partial charge in [-0.1, -0.05) is 22.9 Å². The average Bonchev–Trinajstić information content (AvgIpc) is 2.46. The van der Waals surface area contributed by atoms with Crippen molar-refractivity contribution in [1.82, 2.24) is 0 Å².